The fraction of sp³-hybridized carbons (Fsp3) is 0.889. The lowest BCUT2D eigenvalue weighted by Crippen LogP contribution is -2.60. The molecule has 6 heteroatoms. The average Bonchev–Trinajstić information content (AvgIpc) is 2.70. The molecular weight excluding hydrogens is 414 g/mol. The predicted molar refractivity (Wildman–Crippen MR) is 136 cm³/mol. The average molecular weight is 466 g/mol. The maximum Gasteiger partial charge on any atom is 0.245 e. The maximum absolute atomic E-state index is 13.4. The van der Waals surface area contributed by atoms with Crippen LogP contribution in [0, 0.1) is 23.2 Å². The van der Waals surface area contributed by atoms with E-state index in [1.165, 1.54) is 0 Å². The highest BCUT2D eigenvalue weighted by molar-refractivity contribution is 5.89. The molecule has 33 heavy (non-hydrogen) atoms. The number of amides is 3. The topological polar surface area (TPSA) is 69.7 Å². The van der Waals surface area contributed by atoms with Crippen LogP contribution in [0.3, 0.4) is 0 Å². The van der Waals surface area contributed by atoms with Gasteiger partial charge in [-0.1, -0.05) is 68.2 Å². The highest BCUT2D eigenvalue weighted by atomic mass is 16.2. The number of piperazine rings is 1. The maximum atomic E-state index is 13.4. The van der Waals surface area contributed by atoms with Crippen LogP contribution in [0.15, 0.2) is 0 Å². The van der Waals surface area contributed by atoms with Gasteiger partial charge in [-0.2, -0.15) is 0 Å². The van der Waals surface area contributed by atoms with Crippen LogP contribution in [0.2, 0.25) is 0 Å². The van der Waals surface area contributed by atoms with Crippen molar-refractivity contribution in [3.8, 4) is 0 Å². The molecule has 4 unspecified atom stereocenters. The van der Waals surface area contributed by atoms with Gasteiger partial charge in [0.05, 0.1) is 0 Å². The van der Waals surface area contributed by atoms with Gasteiger partial charge >= 0.3 is 0 Å². The monoisotopic (exact) mass is 465 g/mol. The van der Waals surface area contributed by atoms with Crippen LogP contribution in [-0.4, -0.2) is 59.2 Å². The van der Waals surface area contributed by atoms with E-state index in [1.54, 1.807) is 0 Å². The number of hydrogen-bond acceptors (Lipinski definition) is 3. The Morgan fingerprint density at radius 2 is 1.70 bits per heavy atom. The molecular formula is C27H51N3O3. The molecule has 192 valence electrons. The second kappa shape index (κ2) is 13.3. The van der Waals surface area contributed by atoms with Gasteiger partial charge in [0.2, 0.25) is 17.7 Å². The Balaban J connectivity index is 2.73. The highest BCUT2D eigenvalue weighted by Crippen LogP contribution is 2.27. The number of carbonyl (C=O) groups is 3. The number of nitrogens with zero attached hydrogens (tertiary/aromatic N) is 2. The third-order valence-corrected chi connectivity index (χ3v) is 6.74. The minimum Gasteiger partial charge on any atom is -0.344 e. The minimum atomic E-state index is -0.519. The lowest BCUT2D eigenvalue weighted by molar-refractivity contribution is -0.146. The summed E-state index contributed by atoms with van der Waals surface area (Å²) in [5.74, 6) is 0.461. The molecule has 3 amide bonds. The minimum absolute atomic E-state index is 0.00676. The van der Waals surface area contributed by atoms with Gasteiger partial charge in [-0.05, 0) is 43.4 Å². The number of hydrogen-bond donors (Lipinski definition) is 1. The summed E-state index contributed by atoms with van der Waals surface area (Å²) >= 11 is 0. The first-order chi connectivity index (χ1) is 15.3. The highest BCUT2D eigenvalue weighted by Gasteiger charge is 2.35. The van der Waals surface area contributed by atoms with Crippen LogP contribution in [0.25, 0.3) is 0 Å². The largest absolute Gasteiger partial charge is 0.344 e. The molecule has 0 aromatic carbocycles. The van der Waals surface area contributed by atoms with Crippen molar-refractivity contribution in [3.05, 3.63) is 0 Å². The van der Waals surface area contributed by atoms with E-state index < -0.39 is 6.04 Å². The first kappa shape index (κ1) is 29.4. The number of rotatable bonds is 11. The first-order valence-corrected chi connectivity index (χ1v) is 13.2. The van der Waals surface area contributed by atoms with Gasteiger partial charge in [-0.3, -0.25) is 14.4 Å². The molecule has 1 heterocycles. The second-order valence-corrected chi connectivity index (χ2v) is 11.8. The SMILES string of the molecule is CCCCC(CC)C(=O)NC(C(=O)N1CCN(C(=O)CC(C)CC(C)(C)C)C(C)C1)C(C)C. The molecule has 1 aliphatic rings. The van der Waals surface area contributed by atoms with Gasteiger partial charge in [-0.15, -0.1) is 0 Å². The molecule has 1 aliphatic heterocycles. The van der Waals surface area contributed by atoms with Crippen molar-refractivity contribution < 1.29 is 14.4 Å². The standard InChI is InChI=1S/C27H51N3O3/c1-10-12-13-22(11-2)25(32)28-24(19(3)4)26(33)29-14-15-30(21(6)18-29)23(31)16-20(5)17-27(7,8)9/h19-22,24H,10-18H2,1-9H3,(H,28,32). The summed E-state index contributed by atoms with van der Waals surface area (Å²) in [7, 11) is 0. The Morgan fingerprint density at radius 1 is 1.06 bits per heavy atom. The molecule has 0 radical (unpaired) electrons. The Kier molecular flexibility index (Phi) is 11.9. The van der Waals surface area contributed by atoms with Crippen LogP contribution in [0.4, 0.5) is 0 Å². The molecule has 6 nitrogen and oxygen atoms in total. The van der Waals surface area contributed by atoms with Crippen molar-refractivity contribution in [2.45, 2.75) is 113 Å². The quantitative estimate of drug-likeness (QED) is 0.473. The molecule has 0 spiro atoms. The summed E-state index contributed by atoms with van der Waals surface area (Å²) in [4.78, 5) is 42.9. The molecule has 0 aromatic heterocycles. The first-order valence-electron chi connectivity index (χ1n) is 13.2. The van der Waals surface area contributed by atoms with Crippen molar-refractivity contribution >= 4 is 17.7 Å². The summed E-state index contributed by atoms with van der Waals surface area (Å²) < 4.78 is 0. The number of nitrogens with one attached hydrogen (secondary N) is 1. The lowest BCUT2D eigenvalue weighted by atomic mass is 9.84. The molecule has 4 atom stereocenters. The van der Waals surface area contributed by atoms with Crippen LogP contribution in [0.1, 0.15) is 101 Å². The van der Waals surface area contributed by atoms with Crippen molar-refractivity contribution in [2.75, 3.05) is 19.6 Å². The van der Waals surface area contributed by atoms with Gasteiger partial charge in [0.15, 0.2) is 0 Å². The van der Waals surface area contributed by atoms with Gasteiger partial charge in [0, 0.05) is 38.0 Å². The molecule has 1 N–H and O–H groups in total. The second-order valence-electron chi connectivity index (χ2n) is 11.8. The molecule has 0 aliphatic carbocycles. The molecule has 1 rings (SSSR count). The van der Waals surface area contributed by atoms with E-state index in [0.29, 0.717) is 32.0 Å². The van der Waals surface area contributed by atoms with Crippen molar-refractivity contribution in [2.24, 2.45) is 23.2 Å². The Labute approximate surface area is 203 Å². The van der Waals surface area contributed by atoms with Crippen LogP contribution in [0.5, 0.6) is 0 Å². The smallest absolute Gasteiger partial charge is 0.245 e. The zero-order chi connectivity index (χ0) is 25.3. The fourth-order valence-electron chi connectivity index (χ4n) is 5.01. The van der Waals surface area contributed by atoms with E-state index in [4.69, 9.17) is 0 Å². The van der Waals surface area contributed by atoms with Gasteiger partial charge < -0.3 is 15.1 Å². The predicted octanol–water partition coefficient (Wildman–Crippen LogP) is 4.87. The third kappa shape index (κ3) is 9.66. The van der Waals surface area contributed by atoms with Crippen LogP contribution in [-0.2, 0) is 14.4 Å². The van der Waals surface area contributed by atoms with Crippen molar-refractivity contribution in [1.29, 1.82) is 0 Å². The normalized spacial score (nSPS) is 19.9. The summed E-state index contributed by atoms with van der Waals surface area (Å²) in [6.45, 7) is 20.5. The van der Waals surface area contributed by atoms with Crippen molar-refractivity contribution in [1.82, 2.24) is 15.1 Å². The third-order valence-electron chi connectivity index (χ3n) is 6.74. The van der Waals surface area contributed by atoms with Crippen molar-refractivity contribution in [3.63, 3.8) is 0 Å². The fourth-order valence-corrected chi connectivity index (χ4v) is 5.01. The number of carbonyl (C=O) groups excluding carboxylic acids is 3. The summed E-state index contributed by atoms with van der Waals surface area (Å²) in [6.07, 6.45) is 5.30. The van der Waals surface area contributed by atoms with E-state index in [2.05, 4.69) is 39.9 Å². The summed E-state index contributed by atoms with van der Waals surface area (Å²) in [5, 5.41) is 3.06. The van der Waals surface area contributed by atoms with Gasteiger partial charge in [0.25, 0.3) is 0 Å². The summed E-state index contributed by atoms with van der Waals surface area (Å²) in [6, 6.07) is -0.539. The Hall–Kier alpha value is -1.59. The zero-order valence-electron chi connectivity index (χ0n) is 22.9. The molecule has 0 aromatic rings. The van der Waals surface area contributed by atoms with Crippen LogP contribution >= 0.6 is 0 Å². The van der Waals surface area contributed by atoms with E-state index in [-0.39, 0.29) is 41.0 Å². The number of unbranched alkanes of at least 4 members (excludes halogenated alkanes) is 1. The van der Waals surface area contributed by atoms with Crippen LogP contribution < -0.4 is 5.32 Å². The van der Waals surface area contributed by atoms with E-state index >= 15 is 0 Å². The zero-order valence-corrected chi connectivity index (χ0v) is 22.9. The van der Waals surface area contributed by atoms with E-state index in [1.807, 2.05) is 37.5 Å². The molecule has 1 fully saturated rings. The van der Waals surface area contributed by atoms with E-state index in [9.17, 15) is 14.4 Å². The summed E-state index contributed by atoms with van der Waals surface area (Å²) in [5.41, 5.74) is 0.208. The Bertz CT molecular complexity index is 641. The molecule has 0 saturated carbocycles. The van der Waals surface area contributed by atoms with Gasteiger partial charge in [-0.25, -0.2) is 0 Å². The lowest BCUT2D eigenvalue weighted by Gasteiger charge is -2.42. The van der Waals surface area contributed by atoms with E-state index in [0.717, 1.165) is 32.1 Å². The molecule has 0 bridgehead atoms. The Morgan fingerprint density at radius 3 is 2.18 bits per heavy atom. The molecule has 1 saturated heterocycles. The van der Waals surface area contributed by atoms with Gasteiger partial charge in [0.1, 0.15) is 6.04 Å².